The van der Waals surface area contributed by atoms with Crippen LogP contribution in [0, 0.1) is 5.82 Å². The second-order valence-corrected chi connectivity index (χ2v) is 12.9. The molecular weight excluding hydrogens is 631 g/mol. The number of likely N-dealkylation sites (tertiary alicyclic amines) is 1. The van der Waals surface area contributed by atoms with Gasteiger partial charge in [0.2, 0.25) is 11.3 Å². The Morgan fingerprint density at radius 3 is 2.67 bits per heavy atom. The first-order chi connectivity index (χ1) is 22.3. The van der Waals surface area contributed by atoms with Crippen LogP contribution in [-0.4, -0.2) is 47.2 Å². The Kier molecular flexibility index (Phi) is 8.18. The molecule has 6 aromatic rings. The fraction of sp³-hybridized carbons (Fsp3) is 0.303. The molecule has 13 heteroatoms. The molecule has 1 fully saturated rings. The number of hydrogen-bond donors (Lipinski definition) is 1. The van der Waals surface area contributed by atoms with Crippen LogP contribution >= 0.6 is 22.9 Å². The molecule has 0 spiro atoms. The zero-order valence-corrected chi connectivity index (χ0v) is 26.5. The number of aromatic nitrogens is 5. The summed E-state index contributed by atoms with van der Waals surface area (Å²) in [5.41, 5.74) is 1.81. The van der Waals surface area contributed by atoms with Crippen LogP contribution in [0.4, 0.5) is 4.39 Å². The number of thiophene rings is 1. The summed E-state index contributed by atoms with van der Waals surface area (Å²) < 4.78 is 24.2. The summed E-state index contributed by atoms with van der Waals surface area (Å²) in [5, 5.41) is 10.4. The van der Waals surface area contributed by atoms with Gasteiger partial charge in [-0.15, -0.1) is 11.3 Å². The number of aromatic hydroxyl groups is 1. The predicted molar refractivity (Wildman–Crippen MR) is 174 cm³/mol. The second-order valence-electron chi connectivity index (χ2n) is 11.4. The van der Waals surface area contributed by atoms with Crippen LogP contribution in [-0.2, 0) is 26.2 Å². The van der Waals surface area contributed by atoms with Gasteiger partial charge in [0.25, 0.3) is 5.43 Å². The molecule has 7 rings (SSSR count). The van der Waals surface area contributed by atoms with Gasteiger partial charge in [0.1, 0.15) is 23.1 Å². The van der Waals surface area contributed by atoms with Crippen LogP contribution in [0.2, 0.25) is 5.02 Å². The van der Waals surface area contributed by atoms with Gasteiger partial charge < -0.3 is 19.0 Å². The molecule has 0 aliphatic carbocycles. The smallest absolute Gasteiger partial charge is 0.268 e. The van der Waals surface area contributed by atoms with Gasteiger partial charge in [-0.3, -0.25) is 14.5 Å². The Hall–Kier alpha value is -4.39. The molecule has 4 aromatic heterocycles. The van der Waals surface area contributed by atoms with Gasteiger partial charge in [-0.1, -0.05) is 23.7 Å². The number of fused-ring (bicyclic) bond motifs is 1. The summed E-state index contributed by atoms with van der Waals surface area (Å²) >= 11 is 7.16. The number of nitrogens with zero attached hydrogens (tertiary/aromatic N) is 6. The van der Waals surface area contributed by atoms with E-state index in [0.29, 0.717) is 34.4 Å². The Labute approximate surface area is 272 Å². The Bertz CT molecular complexity index is 2120. The molecule has 236 valence electrons. The lowest BCUT2D eigenvalue weighted by atomic mass is 9.93. The fourth-order valence-electron chi connectivity index (χ4n) is 6.03. The lowest BCUT2D eigenvalue weighted by molar-refractivity contribution is 0.196. The number of ether oxygens (including phenoxy) is 1. The summed E-state index contributed by atoms with van der Waals surface area (Å²) in [7, 11) is 0. The van der Waals surface area contributed by atoms with Crippen LogP contribution in [0.1, 0.15) is 48.5 Å². The van der Waals surface area contributed by atoms with Gasteiger partial charge in [-0.05, 0) is 57.1 Å². The maximum atomic E-state index is 14.2. The minimum Gasteiger partial charge on any atom is -0.503 e. The maximum Gasteiger partial charge on any atom is 0.268 e. The molecule has 0 unspecified atom stereocenters. The number of piperidine rings is 1. The number of benzene rings is 1. The van der Waals surface area contributed by atoms with E-state index in [0.717, 1.165) is 60.0 Å². The average Bonchev–Trinajstić information content (AvgIpc) is 3.77. The van der Waals surface area contributed by atoms with Crippen LogP contribution in [0.25, 0.3) is 20.8 Å². The van der Waals surface area contributed by atoms with E-state index in [4.69, 9.17) is 26.3 Å². The molecule has 1 aliphatic rings. The van der Waals surface area contributed by atoms with Crippen molar-refractivity contribution in [1.82, 2.24) is 29.0 Å². The number of pyridine rings is 1. The van der Waals surface area contributed by atoms with E-state index in [1.54, 1.807) is 24.5 Å². The summed E-state index contributed by atoms with van der Waals surface area (Å²) in [4.78, 5) is 41.5. The molecule has 1 N–H and O–H groups in total. The minimum atomic E-state index is -0.845. The van der Waals surface area contributed by atoms with Crippen molar-refractivity contribution in [1.29, 1.82) is 0 Å². The van der Waals surface area contributed by atoms with Crippen LogP contribution in [0.3, 0.4) is 0 Å². The van der Waals surface area contributed by atoms with Crippen LogP contribution in [0.5, 0.6) is 11.6 Å². The highest BCUT2D eigenvalue weighted by molar-refractivity contribution is 7.21. The molecule has 5 heterocycles. The first-order valence-electron chi connectivity index (χ1n) is 15.1. The maximum absolute atomic E-state index is 14.2. The molecule has 1 saturated heterocycles. The summed E-state index contributed by atoms with van der Waals surface area (Å²) in [6, 6.07) is 12.1. The molecule has 2 aromatic carbocycles. The van der Waals surface area contributed by atoms with Crippen molar-refractivity contribution in [2.45, 2.75) is 51.9 Å². The molecule has 0 atom stereocenters. The predicted octanol–water partition coefficient (Wildman–Crippen LogP) is 5.48. The highest BCUT2D eigenvalue weighted by Crippen LogP contribution is 2.37. The Morgan fingerprint density at radius 2 is 1.91 bits per heavy atom. The zero-order chi connectivity index (χ0) is 31.9. The van der Waals surface area contributed by atoms with E-state index in [-0.39, 0.29) is 18.1 Å². The van der Waals surface area contributed by atoms with Gasteiger partial charge in [0, 0.05) is 45.9 Å². The quantitative estimate of drug-likeness (QED) is 0.192. The molecule has 46 heavy (non-hydrogen) atoms. The molecule has 0 amide bonds. The number of imidazole rings is 2. The van der Waals surface area contributed by atoms with Crippen molar-refractivity contribution >= 4 is 33.3 Å². The van der Waals surface area contributed by atoms with E-state index in [1.165, 1.54) is 17.4 Å². The lowest BCUT2D eigenvalue weighted by Gasteiger charge is -2.31. The second kappa shape index (κ2) is 12.4. The molecular formula is C33H30ClFN6O4S. The molecule has 10 nitrogen and oxygen atoms in total. The van der Waals surface area contributed by atoms with Gasteiger partial charge in [0.15, 0.2) is 5.75 Å². The fourth-order valence-corrected chi connectivity index (χ4v) is 7.29. The zero-order valence-electron chi connectivity index (χ0n) is 24.9. The molecule has 0 saturated carbocycles. The lowest BCUT2D eigenvalue weighted by Crippen LogP contribution is -2.33. The summed E-state index contributed by atoms with van der Waals surface area (Å²) in [6.07, 6.45) is 5.47. The van der Waals surface area contributed by atoms with Gasteiger partial charge in [0.05, 0.1) is 36.2 Å². The standard InChI is InChI=1S/C33H30ClFN6O4S/c1-2-40-18-36-14-22(40)15-41-25-13-26(29-30(42)32(44)31(29)43)46-33(25)38-27(41)16-39-10-8-19(9-11-39)24-4-3-5-28(37-24)45-17-20-6-7-21(34)12-23(20)35/h3-7,12-14,18-19,42H,2,8-11,15-17H2,1H3. The van der Waals surface area contributed by atoms with Crippen molar-refractivity contribution in [2.24, 2.45) is 0 Å². The van der Waals surface area contributed by atoms with Gasteiger partial charge in [-0.2, -0.15) is 0 Å². The van der Waals surface area contributed by atoms with E-state index in [9.17, 15) is 19.1 Å². The number of rotatable bonds is 10. The van der Waals surface area contributed by atoms with E-state index in [1.807, 2.05) is 24.4 Å². The highest BCUT2D eigenvalue weighted by atomic mass is 35.5. The van der Waals surface area contributed by atoms with Crippen molar-refractivity contribution in [3.63, 3.8) is 0 Å². The van der Waals surface area contributed by atoms with E-state index < -0.39 is 22.4 Å². The molecule has 0 radical (unpaired) electrons. The number of hydrogen-bond acceptors (Lipinski definition) is 9. The summed E-state index contributed by atoms with van der Waals surface area (Å²) in [5.74, 6) is 0.732. The number of halogens is 2. The van der Waals surface area contributed by atoms with Gasteiger partial charge >= 0.3 is 0 Å². The third kappa shape index (κ3) is 5.72. The number of aryl methyl sites for hydroxylation is 1. The van der Waals surface area contributed by atoms with Crippen molar-refractivity contribution in [2.75, 3.05) is 13.1 Å². The Morgan fingerprint density at radius 1 is 1.09 bits per heavy atom. The van der Waals surface area contributed by atoms with Gasteiger partial charge in [-0.25, -0.2) is 19.3 Å². The van der Waals surface area contributed by atoms with Crippen LogP contribution < -0.4 is 15.6 Å². The first kappa shape index (κ1) is 30.3. The topological polar surface area (TPSA) is 115 Å². The largest absolute Gasteiger partial charge is 0.503 e. The van der Waals surface area contributed by atoms with E-state index in [2.05, 4.69) is 25.9 Å². The Balaban J connectivity index is 1.06. The van der Waals surface area contributed by atoms with Crippen LogP contribution in [0.15, 0.2) is 64.6 Å². The van der Waals surface area contributed by atoms with Crippen molar-refractivity contribution < 1.29 is 14.2 Å². The minimum absolute atomic E-state index is 0.0652. The van der Waals surface area contributed by atoms with Crippen molar-refractivity contribution in [3.8, 4) is 22.1 Å². The molecule has 0 bridgehead atoms. The summed E-state index contributed by atoms with van der Waals surface area (Å²) in [6.45, 7) is 5.79. The SMILES string of the molecule is CCn1cncc1Cn1c(CN2CCC(c3cccc(OCc4ccc(Cl)cc4F)n3)CC2)nc2sc(-c3c(O)c(=O)c3=O)cc21. The monoisotopic (exact) mass is 660 g/mol. The molecule has 1 aliphatic heterocycles. The normalized spacial score (nSPS) is 14.5. The average molecular weight is 661 g/mol. The third-order valence-electron chi connectivity index (χ3n) is 8.62. The highest BCUT2D eigenvalue weighted by Gasteiger charge is 2.27. The van der Waals surface area contributed by atoms with Crippen molar-refractivity contribution in [3.05, 3.63) is 109 Å². The third-order valence-corrected chi connectivity index (χ3v) is 9.89. The van der Waals surface area contributed by atoms with E-state index >= 15 is 0 Å². The first-order valence-corrected chi connectivity index (χ1v) is 16.2.